The molecule has 3 aromatic rings. The third-order valence-electron chi connectivity index (χ3n) is 3.29. The van der Waals surface area contributed by atoms with Crippen LogP contribution in [-0.2, 0) is 20.1 Å². The zero-order valence-electron chi connectivity index (χ0n) is 11.3. The molecular formula is C14H17N5O. The van der Waals surface area contributed by atoms with Crippen LogP contribution in [0.5, 0.6) is 0 Å². The fourth-order valence-electron chi connectivity index (χ4n) is 2.21. The lowest BCUT2D eigenvalue weighted by Gasteiger charge is -2.04. The van der Waals surface area contributed by atoms with Gasteiger partial charge in [0.25, 0.3) is 0 Å². The van der Waals surface area contributed by atoms with E-state index >= 15 is 0 Å². The van der Waals surface area contributed by atoms with E-state index in [4.69, 9.17) is 5.11 Å². The van der Waals surface area contributed by atoms with E-state index in [1.165, 1.54) is 0 Å². The first-order valence-corrected chi connectivity index (χ1v) is 6.55. The number of rotatable bonds is 5. The van der Waals surface area contributed by atoms with Gasteiger partial charge in [-0.3, -0.25) is 4.68 Å². The Kier molecular flexibility index (Phi) is 3.39. The smallest absolute Gasteiger partial charge is 0.128 e. The molecule has 0 saturated carbocycles. The van der Waals surface area contributed by atoms with E-state index in [1.54, 1.807) is 10.9 Å². The van der Waals surface area contributed by atoms with Crippen molar-refractivity contribution in [1.29, 1.82) is 0 Å². The van der Waals surface area contributed by atoms with Gasteiger partial charge in [0.05, 0.1) is 42.6 Å². The Balaban J connectivity index is 1.74. The summed E-state index contributed by atoms with van der Waals surface area (Å²) in [5.41, 5.74) is 3.05. The molecule has 0 aliphatic rings. The number of aryl methyl sites for hydroxylation is 1. The highest BCUT2D eigenvalue weighted by atomic mass is 16.3. The first-order valence-electron chi connectivity index (χ1n) is 6.55. The van der Waals surface area contributed by atoms with E-state index in [1.807, 2.05) is 31.4 Å². The minimum absolute atomic E-state index is 0.0892. The van der Waals surface area contributed by atoms with Gasteiger partial charge in [0.1, 0.15) is 5.82 Å². The molecular weight excluding hydrogens is 254 g/mol. The van der Waals surface area contributed by atoms with Crippen molar-refractivity contribution in [1.82, 2.24) is 19.3 Å². The summed E-state index contributed by atoms with van der Waals surface area (Å²) in [6, 6.07) is 8.08. The number of hydrogen-bond donors (Lipinski definition) is 2. The Hall–Kier alpha value is -2.34. The number of fused-ring (bicyclic) bond motifs is 1. The Morgan fingerprint density at radius 2 is 2.15 bits per heavy atom. The predicted octanol–water partition coefficient (Wildman–Crippen LogP) is 1.37. The summed E-state index contributed by atoms with van der Waals surface area (Å²) in [4.78, 5) is 4.60. The van der Waals surface area contributed by atoms with Crippen molar-refractivity contribution in [3.63, 3.8) is 0 Å². The summed E-state index contributed by atoms with van der Waals surface area (Å²) in [6.07, 6.45) is 3.62. The van der Waals surface area contributed by atoms with E-state index in [0.29, 0.717) is 13.1 Å². The van der Waals surface area contributed by atoms with Crippen LogP contribution in [0.3, 0.4) is 0 Å². The van der Waals surface area contributed by atoms with Gasteiger partial charge in [-0.05, 0) is 12.1 Å². The molecule has 0 unspecified atom stereocenters. The van der Waals surface area contributed by atoms with Crippen molar-refractivity contribution in [2.45, 2.75) is 13.1 Å². The predicted molar refractivity (Wildman–Crippen MR) is 77.4 cm³/mol. The van der Waals surface area contributed by atoms with Crippen LogP contribution in [0.2, 0.25) is 0 Å². The maximum Gasteiger partial charge on any atom is 0.128 e. The van der Waals surface area contributed by atoms with Crippen LogP contribution < -0.4 is 5.32 Å². The summed E-state index contributed by atoms with van der Waals surface area (Å²) in [5.74, 6) is 0.973. The van der Waals surface area contributed by atoms with Crippen molar-refractivity contribution in [3.8, 4) is 0 Å². The first-order chi connectivity index (χ1) is 9.78. The van der Waals surface area contributed by atoms with Crippen LogP contribution in [-0.4, -0.2) is 31.0 Å². The Labute approximate surface area is 116 Å². The number of nitrogens with zero attached hydrogens (tertiary/aromatic N) is 4. The minimum atomic E-state index is 0.0892. The van der Waals surface area contributed by atoms with Crippen LogP contribution in [0, 0.1) is 0 Å². The zero-order valence-corrected chi connectivity index (χ0v) is 11.3. The molecule has 0 fully saturated rings. The molecule has 0 atom stereocenters. The van der Waals surface area contributed by atoms with Crippen LogP contribution in [0.25, 0.3) is 11.0 Å². The molecule has 0 spiro atoms. The molecule has 0 radical (unpaired) electrons. The summed E-state index contributed by atoms with van der Waals surface area (Å²) < 4.78 is 3.79. The van der Waals surface area contributed by atoms with Crippen molar-refractivity contribution >= 4 is 16.7 Å². The Morgan fingerprint density at radius 1 is 1.30 bits per heavy atom. The second kappa shape index (κ2) is 5.34. The average molecular weight is 271 g/mol. The lowest BCUT2D eigenvalue weighted by atomic mass is 10.3. The van der Waals surface area contributed by atoms with Crippen LogP contribution in [0.1, 0.15) is 5.82 Å². The van der Waals surface area contributed by atoms with E-state index in [2.05, 4.69) is 26.0 Å². The average Bonchev–Trinajstić information content (AvgIpc) is 3.03. The molecule has 2 aromatic heterocycles. The largest absolute Gasteiger partial charge is 0.394 e. The molecule has 2 heterocycles. The SMILES string of the molecule is Cn1c(CNc2cnn(CCO)c2)nc2ccccc21. The van der Waals surface area contributed by atoms with Crippen molar-refractivity contribution in [2.24, 2.45) is 7.05 Å². The molecule has 0 saturated heterocycles. The van der Waals surface area contributed by atoms with Crippen LogP contribution in [0.15, 0.2) is 36.7 Å². The van der Waals surface area contributed by atoms with Gasteiger partial charge in [-0.1, -0.05) is 12.1 Å². The van der Waals surface area contributed by atoms with Gasteiger partial charge < -0.3 is 15.0 Å². The van der Waals surface area contributed by atoms with Gasteiger partial charge >= 0.3 is 0 Å². The van der Waals surface area contributed by atoms with E-state index < -0.39 is 0 Å². The van der Waals surface area contributed by atoms with E-state index in [-0.39, 0.29) is 6.61 Å². The number of anilines is 1. The van der Waals surface area contributed by atoms with Gasteiger partial charge in [-0.15, -0.1) is 0 Å². The molecule has 20 heavy (non-hydrogen) atoms. The summed E-state index contributed by atoms with van der Waals surface area (Å²) in [6.45, 7) is 1.23. The number of para-hydroxylation sites is 2. The third-order valence-corrected chi connectivity index (χ3v) is 3.29. The molecule has 0 amide bonds. The third kappa shape index (κ3) is 2.37. The second-order valence-electron chi connectivity index (χ2n) is 4.65. The number of aromatic nitrogens is 4. The number of imidazole rings is 1. The first kappa shape index (κ1) is 12.7. The van der Waals surface area contributed by atoms with E-state index in [0.717, 1.165) is 22.5 Å². The maximum absolute atomic E-state index is 8.86. The van der Waals surface area contributed by atoms with Gasteiger partial charge in [0.2, 0.25) is 0 Å². The highest BCUT2D eigenvalue weighted by molar-refractivity contribution is 5.75. The van der Waals surface area contributed by atoms with Crippen LogP contribution in [0.4, 0.5) is 5.69 Å². The van der Waals surface area contributed by atoms with Gasteiger partial charge in [0, 0.05) is 13.2 Å². The fourth-order valence-corrected chi connectivity index (χ4v) is 2.21. The van der Waals surface area contributed by atoms with Crippen molar-refractivity contribution in [2.75, 3.05) is 11.9 Å². The molecule has 6 nitrogen and oxygen atoms in total. The molecule has 6 heteroatoms. The lowest BCUT2D eigenvalue weighted by molar-refractivity contribution is 0.269. The van der Waals surface area contributed by atoms with Gasteiger partial charge in [-0.2, -0.15) is 5.10 Å². The minimum Gasteiger partial charge on any atom is -0.394 e. The topological polar surface area (TPSA) is 67.9 Å². The number of hydrogen-bond acceptors (Lipinski definition) is 4. The number of nitrogens with one attached hydrogen (secondary N) is 1. The summed E-state index contributed by atoms with van der Waals surface area (Å²) >= 11 is 0. The number of aliphatic hydroxyl groups excluding tert-OH is 1. The van der Waals surface area contributed by atoms with Gasteiger partial charge in [-0.25, -0.2) is 4.98 Å². The quantitative estimate of drug-likeness (QED) is 0.735. The lowest BCUT2D eigenvalue weighted by Crippen LogP contribution is -2.05. The highest BCUT2D eigenvalue weighted by Crippen LogP contribution is 2.15. The molecule has 0 aliphatic carbocycles. The van der Waals surface area contributed by atoms with Gasteiger partial charge in [0.15, 0.2) is 0 Å². The van der Waals surface area contributed by atoms with Crippen molar-refractivity contribution in [3.05, 3.63) is 42.5 Å². The number of benzene rings is 1. The molecule has 3 rings (SSSR count). The number of aliphatic hydroxyl groups is 1. The van der Waals surface area contributed by atoms with E-state index in [9.17, 15) is 0 Å². The second-order valence-corrected chi connectivity index (χ2v) is 4.65. The zero-order chi connectivity index (χ0) is 13.9. The summed E-state index contributed by atoms with van der Waals surface area (Å²) in [7, 11) is 2.02. The van der Waals surface area contributed by atoms with Crippen LogP contribution >= 0.6 is 0 Å². The fraction of sp³-hybridized carbons (Fsp3) is 0.286. The standard InChI is InChI=1S/C14H17N5O/c1-18-13-5-3-2-4-12(13)17-14(18)9-15-11-8-16-19(10-11)6-7-20/h2-5,8,10,15,20H,6-7,9H2,1H3. The van der Waals surface area contributed by atoms with Crippen molar-refractivity contribution < 1.29 is 5.11 Å². The Bertz CT molecular complexity index is 715. The summed E-state index contributed by atoms with van der Waals surface area (Å²) in [5, 5.41) is 16.3. The monoisotopic (exact) mass is 271 g/mol. The molecule has 0 aliphatic heterocycles. The molecule has 1 aromatic carbocycles. The maximum atomic E-state index is 8.86. The Morgan fingerprint density at radius 3 is 2.95 bits per heavy atom. The highest BCUT2D eigenvalue weighted by Gasteiger charge is 2.07. The molecule has 104 valence electrons. The normalized spacial score (nSPS) is 11.1. The molecule has 0 bridgehead atoms. The molecule has 2 N–H and O–H groups in total.